The first-order valence-electron chi connectivity index (χ1n) is 8.28. The van der Waals surface area contributed by atoms with Gasteiger partial charge in [0.1, 0.15) is 0 Å². The van der Waals surface area contributed by atoms with E-state index < -0.39 is 0 Å². The number of nitrogens with zero attached hydrogens (tertiary/aromatic N) is 1. The molecular weight excluding hydrogens is 426 g/mol. The molecule has 134 valence electrons. The highest BCUT2D eigenvalue weighted by atomic mass is 79.9. The van der Waals surface area contributed by atoms with E-state index in [0.717, 1.165) is 30.2 Å². The lowest BCUT2D eigenvalue weighted by Crippen LogP contribution is -2.34. The molecule has 1 heterocycles. The SMILES string of the molecule is COc1c(Cl)cc(/C=C2/SC(=O)N(CC3CCCCC3)C2=O)cc1Br. The lowest BCUT2D eigenvalue weighted by Gasteiger charge is -2.25. The molecule has 0 N–H and O–H groups in total. The Labute approximate surface area is 165 Å². The van der Waals surface area contributed by atoms with Crippen molar-refractivity contribution in [2.75, 3.05) is 13.7 Å². The average molecular weight is 445 g/mol. The third-order valence-corrected chi connectivity index (χ3v) is 6.34. The minimum atomic E-state index is -0.205. The number of thioether (sulfide) groups is 1. The van der Waals surface area contributed by atoms with E-state index >= 15 is 0 Å². The lowest BCUT2D eigenvalue weighted by atomic mass is 9.89. The van der Waals surface area contributed by atoms with E-state index in [2.05, 4.69) is 15.9 Å². The minimum absolute atomic E-state index is 0.180. The van der Waals surface area contributed by atoms with Crippen LogP contribution in [0.1, 0.15) is 37.7 Å². The number of ether oxygens (including phenoxy) is 1. The molecule has 0 bridgehead atoms. The molecule has 4 nitrogen and oxygen atoms in total. The predicted molar refractivity (Wildman–Crippen MR) is 105 cm³/mol. The molecular formula is C18H19BrClNO3S. The molecule has 0 unspecified atom stereocenters. The van der Waals surface area contributed by atoms with Gasteiger partial charge in [-0.15, -0.1) is 0 Å². The highest BCUT2D eigenvalue weighted by Crippen LogP contribution is 2.38. The Bertz CT molecular complexity index is 708. The Balaban J connectivity index is 1.78. The van der Waals surface area contributed by atoms with Crippen LogP contribution in [0.4, 0.5) is 4.79 Å². The smallest absolute Gasteiger partial charge is 0.293 e. The summed E-state index contributed by atoms with van der Waals surface area (Å²) in [6, 6.07) is 3.54. The first kappa shape index (κ1) is 18.8. The van der Waals surface area contributed by atoms with Crippen molar-refractivity contribution in [3.63, 3.8) is 0 Å². The number of hydrogen-bond donors (Lipinski definition) is 0. The van der Waals surface area contributed by atoms with Crippen molar-refractivity contribution in [3.05, 3.63) is 32.1 Å². The maximum atomic E-state index is 12.6. The van der Waals surface area contributed by atoms with Crippen molar-refractivity contribution in [1.82, 2.24) is 4.90 Å². The normalized spacial score (nSPS) is 20.6. The van der Waals surface area contributed by atoms with Gasteiger partial charge in [0.05, 0.1) is 21.5 Å². The fraction of sp³-hybridized carbons (Fsp3) is 0.444. The summed E-state index contributed by atoms with van der Waals surface area (Å²) in [6.45, 7) is 0.537. The number of hydrogen-bond acceptors (Lipinski definition) is 4. The monoisotopic (exact) mass is 443 g/mol. The van der Waals surface area contributed by atoms with Crippen LogP contribution in [0.25, 0.3) is 6.08 Å². The molecule has 1 aromatic rings. The van der Waals surface area contributed by atoms with Crippen LogP contribution in [0.2, 0.25) is 5.02 Å². The van der Waals surface area contributed by atoms with E-state index in [0.29, 0.717) is 32.6 Å². The van der Waals surface area contributed by atoms with Gasteiger partial charge in [0.25, 0.3) is 11.1 Å². The number of imide groups is 1. The quantitative estimate of drug-likeness (QED) is 0.557. The second-order valence-electron chi connectivity index (χ2n) is 6.31. The Morgan fingerprint density at radius 2 is 2.04 bits per heavy atom. The summed E-state index contributed by atoms with van der Waals surface area (Å²) in [6.07, 6.45) is 7.54. The van der Waals surface area contributed by atoms with E-state index in [-0.39, 0.29) is 11.1 Å². The zero-order valence-electron chi connectivity index (χ0n) is 13.9. The first-order chi connectivity index (χ1) is 12.0. The van der Waals surface area contributed by atoms with E-state index in [1.54, 1.807) is 19.3 Å². The molecule has 1 saturated carbocycles. The molecule has 0 radical (unpaired) electrons. The summed E-state index contributed by atoms with van der Waals surface area (Å²) in [4.78, 5) is 26.7. The second-order valence-corrected chi connectivity index (χ2v) is 8.57. The van der Waals surface area contributed by atoms with E-state index in [1.807, 2.05) is 6.07 Å². The second kappa shape index (κ2) is 8.14. The highest BCUT2D eigenvalue weighted by molar-refractivity contribution is 9.10. The van der Waals surface area contributed by atoms with E-state index in [9.17, 15) is 9.59 Å². The number of carbonyl (C=O) groups is 2. The van der Waals surface area contributed by atoms with Crippen LogP contribution in [0.5, 0.6) is 5.75 Å². The fourth-order valence-electron chi connectivity index (χ4n) is 3.29. The summed E-state index contributed by atoms with van der Waals surface area (Å²) in [7, 11) is 1.54. The van der Waals surface area contributed by atoms with Crippen molar-refractivity contribution < 1.29 is 14.3 Å². The van der Waals surface area contributed by atoms with Gasteiger partial charge in [0.2, 0.25) is 0 Å². The molecule has 2 amide bonds. The number of carbonyl (C=O) groups excluding carboxylic acids is 2. The van der Waals surface area contributed by atoms with Gasteiger partial charge in [0, 0.05) is 6.54 Å². The van der Waals surface area contributed by atoms with Crippen LogP contribution in [0.3, 0.4) is 0 Å². The molecule has 1 aliphatic carbocycles. The van der Waals surface area contributed by atoms with Gasteiger partial charge < -0.3 is 4.74 Å². The number of methoxy groups -OCH3 is 1. The van der Waals surface area contributed by atoms with Crippen LogP contribution in [-0.4, -0.2) is 29.7 Å². The zero-order valence-corrected chi connectivity index (χ0v) is 17.0. The van der Waals surface area contributed by atoms with E-state index in [1.165, 1.54) is 24.2 Å². The average Bonchev–Trinajstić information content (AvgIpc) is 2.83. The standard InChI is InChI=1S/C18H19BrClNO3S/c1-24-16-13(19)7-12(8-14(16)20)9-15-17(22)21(18(23)25-15)10-11-5-3-2-4-6-11/h7-9,11H,2-6,10H2,1H3/b15-9+. The number of halogens is 2. The molecule has 0 atom stereocenters. The topological polar surface area (TPSA) is 46.6 Å². The molecule has 0 spiro atoms. The minimum Gasteiger partial charge on any atom is -0.494 e. The molecule has 7 heteroatoms. The van der Waals surface area contributed by atoms with Crippen LogP contribution >= 0.6 is 39.3 Å². The van der Waals surface area contributed by atoms with Gasteiger partial charge in [-0.2, -0.15) is 0 Å². The van der Waals surface area contributed by atoms with Crippen LogP contribution in [0, 0.1) is 5.92 Å². The van der Waals surface area contributed by atoms with Crippen molar-refractivity contribution in [3.8, 4) is 5.75 Å². The molecule has 1 aliphatic heterocycles. The van der Waals surface area contributed by atoms with Crippen molar-refractivity contribution in [1.29, 1.82) is 0 Å². The maximum absolute atomic E-state index is 12.6. The molecule has 0 aromatic heterocycles. The van der Waals surface area contributed by atoms with Crippen LogP contribution in [-0.2, 0) is 4.79 Å². The lowest BCUT2D eigenvalue weighted by molar-refractivity contribution is -0.123. The number of rotatable bonds is 4. The van der Waals surface area contributed by atoms with Crippen LogP contribution in [0.15, 0.2) is 21.5 Å². The molecule has 1 aromatic carbocycles. The molecule has 2 fully saturated rings. The number of amides is 2. The third-order valence-electron chi connectivity index (χ3n) is 4.56. The van der Waals surface area contributed by atoms with Gasteiger partial charge >= 0.3 is 0 Å². The number of benzene rings is 1. The third kappa shape index (κ3) is 4.23. The van der Waals surface area contributed by atoms with Crippen molar-refractivity contribution in [2.45, 2.75) is 32.1 Å². The van der Waals surface area contributed by atoms with Gasteiger partial charge in [-0.05, 0) is 70.2 Å². The van der Waals surface area contributed by atoms with Gasteiger partial charge in [-0.3, -0.25) is 14.5 Å². The zero-order chi connectivity index (χ0) is 18.0. The Hall–Kier alpha value is -0.980. The predicted octanol–water partition coefficient (Wildman–Crippen LogP) is 5.73. The van der Waals surface area contributed by atoms with Crippen LogP contribution < -0.4 is 4.74 Å². The van der Waals surface area contributed by atoms with Gasteiger partial charge in [-0.25, -0.2) is 0 Å². The van der Waals surface area contributed by atoms with Crippen molar-refractivity contribution in [2.24, 2.45) is 5.92 Å². The Kier molecular flexibility index (Phi) is 6.12. The summed E-state index contributed by atoms with van der Waals surface area (Å²) >= 11 is 10.6. The summed E-state index contributed by atoms with van der Waals surface area (Å²) in [5.41, 5.74) is 0.751. The summed E-state index contributed by atoms with van der Waals surface area (Å²) in [5.74, 6) is 0.777. The molecule has 1 saturated heterocycles. The fourth-order valence-corrected chi connectivity index (χ4v) is 5.20. The summed E-state index contributed by atoms with van der Waals surface area (Å²) in [5, 5.41) is 0.269. The Morgan fingerprint density at radius 3 is 2.68 bits per heavy atom. The van der Waals surface area contributed by atoms with Gasteiger partial charge in [-0.1, -0.05) is 30.9 Å². The first-order valence-corrected chi connectivity index (χ1v) is 10.3. The maximum Gasteiger partial charge on any atom is 0.293 e. The van der Waals surface area contributed by atoms with Gasteiger partial charge in [0.15, 0.2) is 5.75 Å². The Morgan fingerprint density at radius 1 is 1.32 bits per heavy atom. The molecule has 25 heavy (non-hydrogen) atoms. The molecule has 3 rings (SSSR count). The molecule has 2 aliphatic rings. The van der Waals surface area contributed by atoms with E-state index in [4.69, 9.17) is 16.3 Å². The van der Waals surface area contributed by atoms with Crippen molar-refractivity contribution >= 4 is 56.5 Å². The summed E-state index contributed by atoms with van der Waals surface area (Å²) < 4.78 is 5.91. The highest BCUT2D eigenvalue weighted by Gasteiger charge is 2.36. The largest absolute Gasteiger partial charge is 0.494 e.